The number of aryl methyl sites for hydroxylation is 1. The van der Waals surface area contributed by atoms with E-state index in [1.54, 1.807) is 18.1 Å². The number of anilines is 1. The molecule has 27 heavy (non-hydrogen) atoms. The lowest BCUT2D eigenvalue weighted by molar-refractivity contribution is 0.0240. The first-order chi connectivity index (χ1) is 12.7. The Labute approximate surface area is 159 Å². The highest BCUT2D eigenvalue weighted by Gasteiger charge is 2.26. The van der Waals surface area contributed by atoms with Crippen LogP contribution >= 0.6 is 0 Å². The largest absolute Gasteiger partial charge is 0.444 e. The van der Waals surface area contributed by atoms with E-state index >= 15 is 0 Å². The molecule has 2 aromatic heterocycles. The van der Waals surface area contributed by atoms with Gasteiger partial charge in [-0.15, -0.1) is 0 Å². The highest BCUT2D eigenvalue weighted by atomic mass is 16.6. The molecule has 2 aromatic rings. The van der Waals surface area contributed by atoms with Crippen molar-refractivity contribution in [1.82, 2.24) is 19.6 Å². The molecule has 8 heteroatoms. The number of carbonyl (C=O) groups excluding carboxylic acids is 2. The number of piperazine rings is 1. The summed E-state index contributed by atoms with van der Waals surface area (Å²) >= 11 is 0. The number of nitrogens with zero attached hydrogens (tertiary/aromatic N) is 4. The number of pyridine rings is 1. The summed E-state index contributed by atoms with van der Waals surface area (Å²) in [5.41, 5.74) is 2.81. The van der Waals surface area contributed by atoms with Crippen LogP contribution in [0.25, 0.3) is 5.65 Å². The Bertz CT molecular complexity index is 860. The second kappa shape index (κ2) is 7.09. The molecular formula is C19H27N5O3. The van der Waals surface area contributed by atoms with Gasteiger partial charge in [-0.3, -0.25) is 4.79 Å². The highest BCUT2D eigenvalue weighted by Crippen LogP contribution is 2.24. The molecule has 1 aliphatic rings. The van der Waals surface area contributed by atoms with E-state index in [4.69, 9.17) is 4.74 Å². The smallest absolute Gasteiger partial charge is 0.410 e. The molecule has 8 nitrogen and oxygen atoms in total. The molecule has 3 rings (SSSR count). The highest BCUT2D eigenvalue weighted by molar-refractivity contribution is 5.92. The maximum atomic E-state index is 12.2. The van der Waals surface area contributed by atoms with Gasteiger partial charge in [0.05, 0.1) is 5.69 Å². The summed E-state index contributed by atoms with van der Waals surface area (Å²) in [4.78, 5) is 32.4. The van der Waals surface area contributed by atoms with Crippen LogP contribution in [0.15, 0.2) is 18.5 Å². The predicted molar refractivity (Wildman–Crippen MR) is 103 cm³/mol. The molecule has 1 fully saturated rings. The Balaban J connectivity index is 1.74. The quantitative estimate of drug-likeness (QED) is 0.872. The Hall–Kier alpha value is -2.77. The fraction of sp³-hybridized carbons (Fsp3) is 0.526. The van der Waals surface area contributed by atoms with Crippen LogP contribution in [0, 0.1) is 6.92 Å². The zero-order valence-electron chi connectivity index (χ0n) is 16.6. The summed E-state index contributed by atoms with van der Waals surface area (Å²) in [5, 5.41) is 2.59. The first-order valence-corrected chi connectivity index (χ1v) is 9.12. The van der Waals surface area contributed by atoms with Gasteiger partial charge in [-0.1, -0.05) is 0 Å². The molecule has 0 aromatic carbocycles. The molecule has 0 spiro atoms. The van der Waals surface area contributed by atoms with Crippen molar-refractivity contribution in [3.05, 3.63) is 29.7 Å². The minimum absolute atomic E-state index is 0.205. The second-order valence-electron chi connectivity index (χ2n) is 7.77. The molecule has 0 unspecified atom stereocenters. The topological polar surface area (TPSA) is 79.2 Å². The van der Waals surface area contributed by atoms with Gasteiger partial charge in [0.2, 0.25) is 0 Å². The monoisotopic (exact) mass is 373 g/mol. The van der Waals surface area contributed by atoms with Gasteiger partial charge in [-0.2, -0.15) is 0 Å². The zero-order chi connectivity index (χ0) is 19.8. The molecule has 0 saturated carbocycles. The third-order valence-corrected chi connectivity index (χ3v) is 4.50. The van der Waals surface area contributed by atoms with E-state index in [9.17, 15) is 9.59 Å². The molecule has 0 atom stereocenters. The van der Waals surface area contributed by atoms with Crippen molar-refractivity contribution in [1.29, 1.82) is 0 Å². The van der Waals surface area contributed by atoms with Crippen LogP contribution in [0.2, 0.25) is 0 Å². The van der Waals surface area contributed by atoms with Crippen LogP contribution in [0.4, 0.5) is 10.5 Å². The third-order valence-electron chi connectivity index (χ3n) is 4.50. The standard InChI is InChI=1S/C19H27N5O3/c1-13-10-16-21-14(17(25)20-5)11-24(16)12-15(13)22-6-8-23(9-7-22)18(26)27-19(2,3)4/h10-12H,6-9H2,1-5H3,(H,20,25). The van der Waals surface area contributed by atoms with Crippen LogP contribution in [-0.4, -0.2) is 65.1 Å². The summed E-state index contributed by atoms with van der Waals surface area (Å²) in [6.45, 7) is 10.3. The van der Waals surface area contributed by atoms with Gasteiger partial charge in [0.1, 0.15) is 16.9 Å². The maximum Gasteiger partial charge on any atom is 0.410 e. The number of rotatable bonds is 2. The predicted octanol–water partition coefficient (Wildman–Crippen LogP) is 2.06. The maximum absolute atomic E-state index is 12.2. The van der Waals surface area contributed by atoms with Crippen molar-refractivity contribution in [3.8, 4) is 0 Å². The second-order valence-corrected chi connectivity index (χ2v) is 7.77. The van der Waals surface area contributed by atoms with Crippen molar-refractivity contribution in [2.45, 2.75) is 33.3 Å². The summed E-state index contributed by atoms with van der Waals surface area (Å²) in [7, 11) is 1.59. The Morgan fingerprint density at radius 3 is 2.41 bits per heavy atom. The first-order valence-electron chi connectivity index (χ1n) is 9.12. The molecule has 1 aliphatic heterocycles. The van der Waals surface area contributed by atoms with Gasteiger partial charge in [0.15, 0.2) is 0 Å². The first kappa shape index (κ1) is 19.0. The zero-order valence-corrected chi connectivity index (χ0v) is 16.6. The van der Waals surface area contributed by atoms with Crippen LogP contribution in [0.5, 0.6) is 0 Å². The Morgan fingerprint density at radius 2 is 1.81 bits per heavy atom. The average molecular weight is 373 g/mol. The Kier molecular flexibility index (Phi) is 4.99. The fourth-order valence-corrected chi connectivity index (χ4v) is 3.14. The summed E-state index contributed by atoms with van der Waals surface area (Å²) < 4.78 is 7.32. The molecular weight excluding hydrogens is 346 g/mol. The lowest BCUT2D eigenvalue weighted by Gasteiger charge is -2.37. The number of hydrogen-bond acceptors (Lipinski definition) is 5. The lowest BCUT2D eigenvalue weighted by Crippen LogP contribution is -2.50. The molecule has 0 aliphatic carbocycles. The molecule has 1 N–H and O–H groups in total. The number of ether oxygens (including phenoxy) is 1. The van der Waals surface area contributed by atoms with E-state index in [-0.39, 0.29) is 12.0 Å². The number of imidazole rings is 1. The molecule has 0 bridgehead atoms. The number of amides is 2. The summed E-state index contributed by atoms with van der Waals surface area (Å²) in [5.74, 6) is -0.205. The van der Waals surface area contributed by atoms with E-state index in [1.807, 2.05) is 44.4 Å². The van der Waals surface area contributed by atoms with Crippen molar-refractivity contribution in [2.24, 2.45) is 0 Å². The van der Waals surface area contributed by atoms with Crippen molar-refractivity contribution >= 4 is 23.3 Å². The summed E-state index contributed by atoms with van der Waals surface area (Å²) in [6.07, 6.45) is 3.46. The van der Waals surface area contributed by atoms with Gasteiger partial charge in [-0.25, -0.2) is 9.78 Å². The van der Waals surface area contributed by atoms with Crippen LogP contribution in [0.1, 0.15) is 36.8 Å². The van der Waals surface area contributed by atoms with Gasteiger partial charge < -0.3 is 24.3 Å². The van der Waals surface area contributed by atoms with E-state index in [1.165, 1.54) is 0 Å². The van der Waals surface area contributed by atoms with Gasteiger partial charge in [-0.05, 0) is 39.3 Å². The average Bonchev–Trinajstić information content (AvgIpc) is 3.01. The summed E-state index contributed by atoms with van der Waals surface area (Å²) in [6, 6.07) is 1.97. The molecule has 2 amide bonds. The molecule has 3 heterocycles. The number of fused-ring (bicyclic) bond motifs is 1. The molecule has 146 valence electrons. The SMILES string of the molecule is CNC(=O)c1cn2cc(N3CCN(C(=O)OC(C)(C)C)CC3)c(C)cc2n1. The van der Waals surface area contributed by atoms with E-state index < -0.39 is 5.60 Å². The van der Waals surface area contributed by atoms with Gasteiger partial charge in [0.25, 0.3) is 5.91 Å². The van der Waals surface area contributed by atoms with E-state index in [0.29, 0.717) is 18.8 Å². The Morgan fingerprint density at radius 1 is 1.15 bits per heavy atom. The lowest BCUT2D eigenvalue weighted by atomic mass is 10.2. The van der Waals surface area contributed by atoms with Crippen LogP contribution < -0.4 is 10.2 Å². The minimum Gasteiger partial charge on any atom is -0.444 e. The van der Waals surface area contributed by atoms with Crippen molar-refractivity contribution in [3.63, 3.8) is 0 Å². The van der Waals surface area contributed by atoms with Gasteiger partial charge in [0, 0.05) is 45.6 Å². The van der Waals surface area contributed by atoms with Crippen LogP contribution in [0.3, 0.4) is 0 Å². The normalized spacial score (nSPS) is 15.1. The van der Waals surface area contributed by atoms with Crippen molar-refractivity contribution in [2.75, 3.05) is 38.1 Å². The van der Waals surface area contributed by atoms with Crippen molar-refractivity contribution < 1.29 is 14.3 Å². The molecule has 1 saturated heterocycles. The van der Waals surface area contributed by atoms with E-state index in [0.717, 1.165) is 30.0 Å². The number of nitrogens with one attached hydrogen (secondary N) is 1. The van der Waals surface area contributed by atoms with Crippen LogP contribution in [-0.2, 0) is 4.74 Å². The number of carbonyl (C=O) groups is 2. The number of aromatic nitrogens is 2. The number of hydrogen-bond donors (Lipinski definition) is 1. The van der Waals surface area contributed by atoms with Gasteiger partial charge >= 0.3 is 6.09 Å². The minimum atomic E-state index is -0.486. The van der Waals surface area contributed by atoms with E-state index in [2.05, 4.69) is 15.2 Å². The molecule has 0 radical (unpaired) electrons. The fourth-order valence-electron chi connectivity index (χ4n) is 3.14. The third kappa shape index (κ3) is 4.15.